The summed E-state index contributed by atoms with van der Waals surface area (Å²) in [5, 5.41) is 0. The predicted molar refractivity (Wildman–Crippen MR) is 59.9 cm³/mol. The average Bonchev–Trinajstić information content (AvgIpc) is 2.26. The van der Waals surface area contributed by atoms with Crippen LogP contribution in [0.3, 0.4) is 0 Å². The van der Waals surface area contributed by atoms with Gasteiger partial charge in [-0.25, -0.2) is 0 Å². The van der Waals surface area contributed by atoms with Crippen LogP contribution < -0.4 is 4.90 Å². The maximum Gasteiger partial charge on any atom is 0.291 e. The lowest BCUT2D eigenvalue weighted by Crippen LogP contribution is -2.32. The molecule has 3 nitrogen and oxygen atoms in total. The van der Waals surface area contributed by atoms with Crippen LogP contribution in [0.1, 0.15) is 18.9 Å². The van der Waals surface area contributed by atoms with E-state index in [1.54, 1.807) is 0 Å². The van der Waals surface area contributed by atoms with Gasteiger partial charge in [-0.15, -0.1) is 0 Å². The van der Waals surface area contributed by atoms with Gasteiger partial charge in [0.2, 0.25) is 6.29 Å². The van der Waals surface area contributed by atoms with Crippen molar-refractivity contribution in [2.24, 2.45) is 0 Å². The minimum Gasteiger partial charge on any atom is -0.306 e. The third-order valence-electron chi connectivity index (χ3n) is 2.16. The molecular formula is C12H15NO2. The molecule has 0 saturated heterocycles. The quantitative estimate of drug-likeness (QED) is 0.556. The Morgan fingerprint density at radius 3 is 2.40 bits per heavy atom. The molecule has 1 amide bonds. The van der Waals surface area contributed by atoms with Crippen LogP contribution in [0.4, 0.5) is 5.69 Å². The highest BCUT2D eigenvalue weighted by Crippen LogP contribution is 2.15. The van der Waals surface area contributed by atoms with Crippen LogP contribution in [0.25, 0.3) is 0 Å². The Morgan fingerprint density at radius 2 is 1.93 bits per heavy atom. The molecule has 0 saturated carbocycles. The van der Waals surface area contributed by atoms with Crippen molar-refractivity contribution < 1.29 is 9.59 Å². The summed E-state index contributed by atoms with van der Waals surface area (Å²) in [5.41, 5.74) is 1.91. The summed E-state index contributed by atoms with van der Waals surface area (Å²) in [6.45, 7) is 4.52. The van der Waals surface area contributed by atoms with E-state index in [2.05, 4.69) is 0 Å². The fourth-order valence-corrected chi connectivity index (χ4v) is 1.38. The average molecular weight is 205 g/mol. The van der Waals surface area contributed by atoms with Gasteiger partial charge in [0.15, 0.2) is 0 Å². The molecule has 0 aliphatic heterocycles. The first-order valence-electron chi connectivity index (χ1n) is 5.02. The fourth-order valence-electron chi connectivity index (χ4n) is 1.38. The standard InChI is InChI=1S/C12H15NO2/c1-3-8-13(12(15)9-14)11-6-4-10(2)5-7-11/h4-7,9H,3,8H2,1-2H3. The van der Waals surface area contributed by atoms with Crippen LogP contribution >= 0.6 is 0 Å². The number of aldehydes is 1. The number of benzene rings is 1. The van der Waals surface area contributed by atoms with E-state index >= 15 is 0 Å². The van der Waals surface area contributed by atoms with Crippen molar-refractivity contribution in [2.75, 3.05) is 11.4 Å². The Labute approximate surface area is 89.7 Å². The third-order valence-corrected chi connectivity index (χ3v) is 2.16. The van der Waals surface area contributed by atoms with Crippen LogP contribution in [-0.4, -0.2) is 18.7 Å². The van der Waals surface area contributed by atoms with Gasteiger partial charge < -0.3 is 4.90 Å². The molecule has 0 aliphatic rings. The van der Waals surface area contributed by atoms with Crippen LogP contribution in [0, 0.1) is 6.92 Å². The van der Waals surface area contributed by atoms with Crippen molar-refractivity contribution >= 4 is 17.9 Å². The van der Waals surface area contributed by atoms with Crippen molar-refractivity contribution in [1.82, 2.24) is 0 Å². The SMILES string of the molecule is CCCN(C(=O)C=O)c1ccc(C)cc1. The molecule has 0 unspecified atom stereocenters. The molecule has 1 aromatic rings. The van der Waals surface area contributed by atoms with E-state index in [0.717, 1.165) is 17.7 Å². The number of hydrogen-bond acceptors (Lipinski definition) is 2. The first kappa shape index (κ1) is 11.4. The summed E-state index contributed by atoms with van der Waals surface area (Å²) in [5.74, 6) is -0.485. The Morgan fingerprint density at radius 1 is 1.33 bits per heavy atom. The Bertz CT molecular complexity index is 343. The number of anilines is 1. The number of hydrogen-bond donors (Lipinski definition) is 0. The highest BCUT2D eigenvalue weighted by molar-refractivity contribution is 6.30. The van der Waals surface area contributed by atoms with Gasteiger partial charge in [-0.1, -0.05) is 24.6 Å². The van der Waals surface area contributed by atoms with E-state index in [-0.39, 0.29) is 0 Å². The summed E-state index contributed by atoms with van der Waals surface area (Å²) >= 11 is 0. The van der Waals surface area contributed by atoms with Crippen LogP contribution in [-0.2, 0) is 9.59 Å². The Balaban J connectivity index is 2.93. The molecule has 80 valence electrons. The van der Waals surface area contributed by atoms with Gasteiger partial charge in [0.25, 0.3) is 5.91 Å². The van der Waals surface area contributed by atoms with Crippen LogP contribution in [0.15, 0.2) is 24.3 Å². The van der Waals surface area contributed by atoms with E-state index in [1.807, 2.05) is 38.1 Å². The van der Waals surface area contributed by atoms with E-state index < -0.39 is 5.91 Å². The van der Waals surface area contributed by atoms with Gasteiger partial charge in [-0.05, 0) is 25.5 Å². The molecule has 0 aliphatic carbocycles. The number of nitrogens with zero attached hydrogens (tertiary/aromatic N) is 1. The molecule has 0 fully saturated rings. The molecule has 0 radical (unpaired) electrons. The minimum absolute atomic E-state index is 0.357. The highest BCUT2D eigenvalue weighted by atomic mass is 16.2. The van der Waals surface area contributed by atoms with Gasteiger partial charge in [0.05, 0.1) is 0 Å². The van der Waals surface area contributed by atoms with Gasteiger partial charge in [-0.2, -0.15) is 0 Å². The van der Waals surface area contributed by atoms with E-state index in [4.69, 9.17) is 0 Å². The second-order valence-corrected chi connectivity index (χ2v) is 3.44. The third kappa shape index (κ3) is 2.91. The van der Waals surface area contributed by atoms with Gasteiger partial charge in [0, 0.05) is 12.2 Å². The summed E-state index contributed by atoms with van der Waals surface area (Å²) in [4.78, 5) is 23.3. The Hall–Kier alpha value is -1.64. The zero-order valence-electron chi connectivity index (χ0n) is 9.06. The largest absolute Gasteiger partial charge is 0.306 e. The van der Waals surface area contributed by atoms with E-state index in [1.165, 1.54) is 4.90 Å². The molecule has 0 heterocycles. The molecule has 0 aromatic heterocycles. The number of amides is 1. The summed E-state index contributed by atoms with van der Waals surface area (Å²) in [6, 6.07) is 7.56. The highest BCUT2D eigenvalue weighted by Gasteiger charge is 2.12. The van der Waals surface area contributed by atoms with Crippen molar-refractivity contribution in [3.8, 4) is 0 Å². The molecule has 1 aromatic carbocycles. The molecule has 3 heteroatoms. The first-order valence-corrected chi connectivity index (χ1v) is 5.02. The van der Waals surface area contributed by atoms with Crippen molar-refractivity contribution in [2.45, 2.75) is 20.3 Å². The molecule has 0 bridgehead atoms. The maximum atomic E-state index is 11.3. The van der Waals surface area contributed by atoms with E-state index in [0.29, 0.717) is 12.8 Å². The van der Waals surface area contributed by atoms with Crippen molar-refractivity contribution in [1.29, 1.82) is 0 Å². The second-order valence-electron chi connectivity index (χ2n) is 3.44. The van der Waals surface area contributed by atoms with Crippen LogP contribution in [0.5, 0.6) is 0 Å². The lowest BCUT2D eigenvalue weighted by molar-refractivity contribution is -0.129. The maximum absolute atomic E-state index is 11.3. The number of aryl methyl sites for hydroxylation is 1. The van der Waals surface area contributed by atoms with Gasteiger partial charge >= 0.3 is 0 Å². The van der Waals surface area contributed by atoms with Gasteiger partial charge in [-0.3, -0.25) is 9.59 Å². The van der Waals surface area contributed by atoms with Crippen LogP contribution in [0.2, 0.25) is 0 Å². The molecular weight excluding hydrogens is 190 g/mol. The van der Waals surface area contributed by atoms with Crippen molar-refractivity contribution in [3.05, 3.63) is 29.8 Å². The Kier molecular flexibility index (Phi) is 4.03. The lowest BCUT2D eigenvalue weighted by Gasteiger charge is -2.19. The molecule has 15 heavy (non-hydrogen) atoms. The fraction of sp³-hybridized carbons (Fsp3) is 0.333. The smallest absolute Gasteiger partial charge is 0.291 e. The summed E-state index contributed by atoms with van der Waals surface area (Å²) < 4.78 is 0. The first-order chi connectivity index (χ1) is 7.19. The van der Waals surface area contributed by atoms with E-state index in [9.17, 15) is 9.59 Å². The monoisotopic (exact) mass is 205 g/mol. The zero-order chi connectivity index (χ0) is 11.3. The number of rotatable bonds is 4. The minimum atomic E-state index is -0.485. The van der Waals surface area contributed by atoms with Crippen molar-refractivity contribution in [3.63, 3.8) is 0 Å². The number of carbonyl (C=O) groups excluding carboxylic acids is 2. The molecule has 0 atom stereocenters. The molecule has 0 spiro atoms. The summed E-state index contributed by atoms with van der Waals surface area (Å²) in [6.07, 6.45) is 1.18. The normalized spacial score (nSPS) is 9.73. The second kappa shape index (κ2) is 5.29. The molecule has 1 rings (SSSR count). The summed E-state index contributed by atoms with van der Waals surface area (Å²) in [7, 11) is 0. The van der Waals surface area contributed by atoms with Gasteiger partial charge in [0.1, 0.15) is 0 Å². The predicted octanol–water partition coefficient (Wildman–Crippen LogP) is 1.94. The molecule has 0 N–H and O–H groups in total. The number of carbonyl (C=O) groups is 2. The lowest BCUT2D eigenvalue weighted by atomic mass is 10.2. The zero-order valence-corrected chi connectivity index (χ0v) is 9.06. The topological polar surface area (TPSA) is 37.4 Å².